The van der Waals surface area contributed by atoms with E-state index < -0.39 is 30.0 Å². The van der Waals surface area contributed by atoms with Gasteiger partial charge in [0.15, 0.2) is 0 Å². The summed E-state index contributed by atoms with van der Waals surface area (Å²) >= 11 is 0. The molecule has 1 aliphatic rings. The zero-order valence-corrected chi connectivity index (χ0v) is 12.7. The first-order valence-corrected chi connectivity index (χ1v) is 6.70. The number of nitrogens with zero attached hydrogens (tertiary/aromatic N) is 1. The van der Waals surface area contributed by atoms with Crippen molar-refractivity contribution in [2.75, 3.05) is 20.2 Å². The summed E-state index contributed by atoms with van der Waals surface area (Å²) in [5.74, 6) is -3.96. The number of likely N-dealkylation sites (tertiary alicyclic amines) is 1. The van der Waals surface area contributed by atoms with E-state index in [4.69, 9.17) is 4.74 Å². The fourth-order valence-corrected chi connectivity index (χ4v) is 1.87. The molecule has 21 heavy (non-hydrogen) atoms. The second-order valence-corrected chi connectivity index (χ2v) is 5.86. The van der Waals surface area contributed by atoms with Gasteiger partial charge in [-0.15, -0.1) is 0 Å². The van der Waals surface area contributed by atoms with Gasteiger partial charge < -0.3 is 14.4 Å². The summed E-state index contributed by atoms with van der Waals surface area (Å²) in [6.45, 7) is 5.08. The summed E-state index contributed by atoms with van der Waals surface area (Å²) in [6, 6.07) is 0. The monoisotopic (exact) mass is 305 g/mol. The van der Waals surface area contributed by atoms with Gasteiger partial charge >= 0.3 is 12.1 Å². The molecule has 1 saturated heterocycles. The van der Waals surface area contributed by atoms with Crippen molar-refractivity contribution in [1.29, 1.82) is 0 Å². The lowest BCUT2D eigenvalue weighted by atomic mass is 10.0. The van der Waals surface area contributed by atoms with Crippen molar-refractivity contribution < 1.29 is 27.8 Å². The third-order valence-corrected chi connectivity index (χ3v) is 2.96. The van der Waals surface area contributed by atoms with Gasteiger partial charge in [-0.2, -0.15) is 0 Å². The van der Waals surface area contributed by atoms with E-state index in [2.05, 4.69) is 4.74 Å². The normalized spacial score (nSPS) is 20.9. The molecule has 1 rings (SSSR count). The van der Waals surface area contributed by atoms with Gasteiger partial charge in [-0.05, 0) is 27.2 Å². The number of methoxy groups -OCH3 is 1. The Hall–Kier alpha value is -1.66. The molecule has 1 heterocycles. The zero-order valence-electron chi connectivity index (χ0n) is 12.7. The molecule has 7 heteroatoms. The quantitative estimate of drug-likeness (QED) is 0.552. The minimum Gasteiger partial charge on any atom is -0.466 e. The summed E-state index contributed by atoms with van der Waals surface area (Å²) in [5.41, 5.74) is -1.00. The highest BCUT2D eigenvalue weighted by Gasteiger charge is 2.39. The molecule has 0 radical (unpaired) electrons. The molecule has 0 bridgehead atoms. The maximum Gasteiger partial charge on any atom is 0.410 e. The molecule has 0 spiro atoms. The summed E-state index contributed by atoms with van der Waals surface area (Å²) in [5, 5.41) is 0. The van der Waals surface area contributed by atoms with Gasteiger partial charge in [0.1, 0.15) is 5.60 Å². The van der Waals surface area contributed by atoms with Crippen LogP contribution in [0.2, 0.25) is 0 Å². The number of esters is 1. The summed E-state index contributed by atoms with van der Waals surface area (Å²) in [4.78, 5) is 24.3. The molecule has 120 valence electrons. The molecule has 5 nitrogen and oxygen atoms in total. The molecule has 0 atom stereocenters. The molecule has 0 aliphatic carbocycles. The first-order valence-electron chi connectivity index (χ1n) is 6.70. The standard InChI is InChI=1S/C14H21F2NO4/c1-13(2,3)21-12(19)17-7-5-10(9-11(18)20-4)14(15,16)6-8-17/h9H,5-8H2,1-4H3. The van der Waals surface area contributed by atoms with E-state index in [1.54, 1.807) is 20.8 Å². The number of carbonyl (C=O) groups is 2. The average molecular weight is 305 g/mol. The second-order valence-electron chi connectivity index (χ2n) is 5.86. The van der Waals surface area contributed by atoms with Crippen molar-refractivity contribution in [3.63, 3.8) is 0 Å². The number of amides is 1. The van der Waals surface area contributed by atoms with Crippen LogP contribution in [-0.2, 0) is 14.3 Å². The Morgan fingerprint density at radius 2 is 1.90 bits per heavy atom. The van der Waals surface area contributed by atoms with Gasteiger partial charge in [-0.1, -0.05) is 0 Å². The Morgan fingerprint density at radius 1 is 1.29 bits per heavy atom. The number of halogens is 2. The molecular weight excluding hydrogens is 284 g/mol. The topological polar surface area (TPSA) is 55.8 Å². The Balaban J connectivity index is 2.82. The molecule has 0 saturated carbocycles. The molecule has 1 amide bonds. The first-order chi connectivity index (χ1) is 9.55. The van der Waals surface area contributed by atoms with Gasteiger partial charge in [0.2, 0.25) is 0 Å². The highest BCUT2D eigenvalue weighted by atomic mass is 19.3. The van der Waals surface area contributed by atoms with Crippen LogP contribution in [0.25, 0.3) is 0 Å². The van der Waals surface area contributed by atoms with E-state index in [0.717, 1.165) is 13.2 Å². The number of rotatable bonds is 1. The maximum atomic E-state index is 13.9. The van der Waals surface area contributed by atoms with Crippen LogP contribution in [0.5, 0.6) is 0 Å². The van der Waals surface area contributed by atoms with Crippen molar-refractivity contribution >= 4 is 12.1 Å². The van der Waals surface area contributed by atoms with E-state index in [0.29, 0.717) is 0 Å². The maximum absolute atomic E-state index is 13.9. The van der Waals surface area contributed by atoms with E-state index >= 15 is 0 Å². The highest BCUT2D eigenvalue weighted by Crippen LogP contribution is 2.33. The lowest BCUT2D eigenvalue weighted by Crippen LogP contribution is -2.37. The van der Waals surface area contributed by atoms with Crippen LogP contribution >= 0.6 is 0 Å². The van der Waals surface area contributed by atoms with Crippen LogP contribution in [0.4, 0.5) is 13.6 Å². The van der Waals surface area contributed by atoms with Crippen LogP contribution in [-0.4, -0.2) is 48.7 Å². The van der Waals surface area contributed by atoms with Gasteiger partial charge in [0, 0.05) is 31.2 Å². The van der Waals surface area contributed by atoms with Crippen LogP contribution < -0.4 is 0 Å². The minimum atomic E-state index is -3.13. The van der Waals surface area contributed by atoms with E-state index in [9.17, 15) is 18.4 Å². The first kappa shape index (κ1) is 17.4. The predicted molar refractivity (Wildman–Crippen MR) is 72.1 cm³/mol. The van der Waals surface area contributed by atoms with Crippen LogP contribution in [0.1, 0.15) is 33.6 Å². The molecule has 0 aromatic heterocycles. The fraction of sp³-hybridized carbons (Fsp3) is 0.714. The van der Waals surface area contributed by atoms with Crippen molar-refractivity contribution in [1.82, 2.24) is 4.90 Å². The Kier molecular flexibility index (Phi) is 5.31. The number of hydrogen-bond donors (Lipinski definition) is 0. The molecule has 0 unspecified atom stereocenters. The number of ether oxygens (including phenoxy) is 2. The predicted octanol–water partition coefficient (Wildman–Crippen LogP) is 2.75. The SMILES string of the molecule is COC(=O)C=C1CCN(C(=O)OC(C)(C)C)CCC1(F)F. The Labute approximate surface area is 122 Å². The van der Waals surface area contributed by atoms with Gasteiger partial charge in [-0.3, -0.25) is 0 Å². The van der Waals surface area contributed by atoms with E-state index in [1.165, 1.54) is 4.90 Å². The second kappa shape index (κ2) is 6.41. The third kappa shape index (κ3) is 5.32. The summed E-state index contributed by atoms with van der Waals surface area (Å²) in [6.07, 6.45) is -0.465. The van der Waals surface area contributed by atoms with Crippen molar-refractivity contribution in [3.8, 4) is 0 Å². The van der Waals surface area contributed by atoms with Crippen molar-refractivity contribution in [2.24, 2.45) is 0 Å². The zero-order chi connectivity index (χ0) is 16.3. The third-order valence-electron chi connectivity index (χ3n) is 2.96. The largest absolute Gasteiger partial charge is 0.466 e. The van der Waals surface area contributed by atoms with E-state index in [-0.39, 0.29) is 25.1 Å². The lowest BCUT2D eigenvalue weighted by Gasteiger charge is -2.26. The van der Waals surface area contributed by atoms with Crippen LogP contribution in [0.3, 0.4) is 0 Å². The molecule has 0 aromatic carbocycles. The fourth-order valence-electron chi connectivity index (χ4n) is 1.87. The van der Waals surface area contributed by atoms with Gasteiger partial charge in [0.05, 0.1) is 7.11 Å². The van der Waals surface area contributed by atoms with E-state index in [1.807, 2.05) is 0 Å². The summed E-state index contributed by atoms with van der Waals surface area (Å²) in [7, 11) is 1.13. The van der Waals surface area contributed by atoms with Crippen LogP contribution in [0.15, 0.2) is 11.6 Å². The smallest absolute Gasteiger partial charge is 0.410 e. The van der Waals surface area contributed by atoms with Crippen LogP contribution in [0, 0.1) is 0 Å². The number of carbonyl (C=O) groups excluding carboxylic acids is 2. The average Bonchev–Trinajstić information content (AvgIpc) is 2.47. The molecule has 0 aromatic rings. The van der Waals surface area contributed by atoms with Gasteiger partial charge in [0.25, 0.3) is 5.92 Å². The van der Waals surface area contributed by atoms with Crippen molar-refractivity contribution in [2.45, 2.75) is 45.1 Å². The molecule has 1 aliphatic heterocycles. The number of hydrogen-bond acceptors (Lipinski definition) is 4. The molecule has 0 N–H and O–H groups in total. The summed E-state index contributed by atoms with van der Waals surface area (Å²) < 4.78 is 37.4. The molecule has 1 fully saturated rings. The minimum absolute atomic E-state index is 0.0767. The van der Waals surface area contributed by atoms with Crippen molar-refractivity contribution in [3.05, 3.63) is 11.6 Å². The Morgan fingerprint density at radius 3 is 2.43 bits per heavy atom. The lowest BCUT2D eigenvalue weighted by molar-refractivity contribution is -0.135. The Bertz CT molecular complexity index is 441. The number of alkyl halides is 2. The highest BCUT2D eigenvalue weighted by molar-refractivity contribution is 5.83. The van der Waals surface area contributed by atoms with Gasteiger partial charge in [-0.25, -0.2) is 18.4 Å². The molecular formula is C14H21F2NO4.